The minimum Gasteiger partial charge on any atom is -0.478 e. The van der Waals surface area contributed by atoms with Crippen molar-refractivity contribution in [2.24, 2.45) is 0 Å². The molecule has 0 aliphatic heterocycles. The van der Waals surface area contributed by atoms with Crippen molar-refractivity contribution in [1.29, 1.82) is 0 Å². The van der Waals surface area contributed by atoms with Gasteiger partial charge in [-0.2, -0.15) is 5.10 Å². The third kappa shape index (κ3) is 4.04. The van der Waals surface area contributed by atoms with Crippen LogP contribution >= 0.6 is 0 Å². The van der Waals surface area contributed by atoms with Gasteiger partial charge in [0, 0.05) is 12.6 Å². The third-order valence-corrected chi connectivity index (χ3v) is 4.16. The summed E-state index contributed by atoms with van der Waals surface area (Å²) in [5, 5.41) is 7.03. The van der Waals surface area contributed by atoms with E-state index in [1.165, 1.54) is 16.8 Å². The van der Waals surface area contributed by atoms with E-state index in [0.717, 1.165) is 30.5 Å². The number of nitrogens with zero attached hydrogens (tertiary/aromatic N) is 2. The van der Waals surface area contributed by atoms with Crippen LogP contribution in [-0.2, 0) is 24.2 Å². The molecule has 0 fully saturated rings. The highest BCUT2D eigenvalue weighted by molar-refractivity contribution is 5.80. The molecule has 0 saturated carbocycles. The third-order valence-electron chi connectivity index (χ3n) is 4.16. The Morgan fingerprint density at radius 3 is 3.00 bits per heavy atom. The average molecular weight is 345 g/mol. The lowest BCUT2D eigenvalue weighted by molar-refractivity contribution is -0.127. The summed E-state index contributed by atoms with van der Waals surface area (Å²) in [5.41, 5.74) is 1.82. The Morgan fingerprint density at radius 2 is 2.20 bits per heavy atom. The molecule has 1 heterocycles. The molecular formula is C18H20FN3O3. The number of para-hydroxylation sites is 1. The number of carbonyl (C=O) groups excluding carboxylic acids is 1. The van der Waals surface area contributed by atoms with Crippen LogP contribution in [0.4, 0.5) is 4.39 Å². The monoisotopic (exact) mass is 345 g/mol. The second-order valence-electron chi connectivity index (χ2n) is 6.01. The van der Waals surface area contributed by atoms with Crippen LogP contribution in [0.3, 0.4) is 0 Å². The van der Waals surface area contributed by atoms with Crippen molar-refractivity contribution >= 4 is 5.91 Å². The average Bonchev–Trinajstić information content (AvgIpc) is 3.04. The lowest BCUT2D eigenvalue weighted by atomic mass is 10.2. The summed E-state index contributed by atoms with van der Waals surface area (Å²) in [4.78, 5) is 24.0. The Morgan fingerprint density at radius 1 is 1.40 bits per heavy atom. The minimum atomic E-state index is -0.846. The number of ether oxygens (including phenoxy) is 1. The lowest BCUT2D eigenvalue weighted by Gasteiger charge is -2.15. The fraction of sp³-hybridized carbons (Fsp3) is 0.389. The molecule has 132 valence electrons. The van der Waals surface area contributed by atoms with Crippen molar-refractivity contribution in [3.8, 4) is 5.75 Å². The highest BCUT2D eigenvalue weighted by atomic mass is 19.1. The molecule has 0 saturated heterocycles. The summed E-state index contributed by atoms with van der Waals surface area (Å²) in [6, 6.07) is 7.54. The Kier molecular flexibility index (Phi) is 5.11. The Bertz CT molecular complexity index is 835. The van der Waals surface area contributed by atoms with Crippen molar-refractivity contribution in [2.75, 3.05) is 6.54 Å². The number of hydrogen-bond acceptors (Lipinski definition) is 4. The predicted octanol–water partition coefficient (Wildman–Crippen LogP) is 1.45. The summed E-state index contributed by atoms with van der Waals surface area (Å²) in [6.45, 7) is 2.07. The number of amides is 1. The zero-order chi connectivity index (χ0) is 17.8. The van der Waals surface area contributed by atoms with Crippen molar-refractivity contribution < 1.29 is 13.9 Å². The van der Waals surface area contributed by atoms with Crippen LogP contribution in [0.2, 0.25) is 0 Å². The molecule has 1 aromatic heterocycles. The zero-order valence-electron chi connectivity index (χ0n) is 14.0. The number of fused-ring (bicyclic) bond motifs is 1. The van der Waals surface area contributed by atoms with E-state index in [1.54, 1.807) is 25.1 Å². The molecule has 1 N–H and O–H groups in total. The Balaban J connectivity index is 1.53. The van der Waals surface area contributed by atoms with Crippen LogP contribution in [0.1, 0.15) is 24.6 Å². The molecule has 1 amide bonds. The fourth-order valence-corrected chi connectivity index (χ4v) is 2.81. The molecule has 1 aliphatic rings. The number of benzene rings is 1. The standard InChI is InChI=1S/C18H20FN3O3/c1-12(25-16-8-3-2-6-14(16)19)18(24)20-9-10-22-17(23)11-13-5-4-7-15(13)21-22/h2-3,6,8,11-12H,4-5,7,9-10H2,1H3,(H,20,24)/t12-/m1/s1. The maximum absolute atomic E-state index is 13.5. The number of rotatable bonds is 6. The quantitative estimate of drug-likeness (QED) is 0.860. The molecule has 1 atom stereocenters. The molecule has 0 spiro atoms. The minimum absolute atomic E-state index is 0.0293. The Labute approximate surface area is 144 Å². The van der Waals surface area contributed by atoms with Gasteiger partial charge < -0.3 is 10.1 Å². The summed E-state index contributed by atoms with van der Waals surface area (Å²) < 4.78 is 20.2. The highest BCUT2D eigenvalue weighted by Gasteiger charge is 2.17. The van der Waals surface area contributed by atoms with E-state index in [2.05, 4.69) is 10.4 Å². The zero-order valence-corrected chi connectivity index (χ0v) is 14.0. The number of nitrogens with one attached hydrogen (secondary N) is 1. The molecule has 1 aliphatic carbocycles. The molecule has 3 rings (SSSR count). The SMILES string of the molecule is C[C@@H](Oc1ccccc1F)C(=O)NCCn1nc2c(cc1=O)CCC2. The van der Waals surface area contributed by atoms with Crippen molar-refractivity contribution in [3.63, 3.8) is 0 Å². The van der Waals surface area contributed by atoms with Gasteiger partial charge in [-0.15, -0.1) is 0 Å². The molecule has 7 heteroatoms. The normalized spacial score (nSPS) is 14.0. The first-order valence-electron chi connectivity index (χ1n) is 8.33. The van der Waals surface area contributed by atoms with Crippen LogP contribution < -0.4 is 15.6 Å². The van der Waals surface area contributed by atoms with Crippen LogP contribution in [0.15, 0.2) is 35.1 Å². The van der Waals surface area contributed by atoms with E-state index in [1.807, 2.05) is 0 Å². The van der Waals surface area contributed by atoms with Gasteiger partial charge in [-0.1, -0.05) is 12.1 Å². The summed E-state index contributed by atoms with van der Waals surface area (Å²) in [5.74, 6) is -0.866. The van der Waals surface area contributed by atoms with Crippen LogP contribution in [0.5, 0.6) is 5.75 Å². The number of aromatic nitrogens is 2. The van der Waals surface area contributed by atoms with Crippen LogP contribution in [0.25, 0.3) is 0 Å². The van der Waals surface area contributed by atoms with Crippen LogP contribution in [-0.4, -0.2) is 28.3 Å². The van der Waals surface area contributed by atoms with E-state index in [-0.39, 0.29) is 30.3 Å². The van der Waals surface area contributed by atoms with Gasteiger partial charge in [0.25, 0.3) is 11.5 Å². The molecule has 1 aromatic carbocycles. The second-order valence-corrected chi connectivity index (χ2v) is 6.01. The van der Waals surface area contributed by atoms with Gasteiger partial charge in [-0.25, -0.2) is 9.07 Å². The van der Waals surface area contributed by atoms with Gasteiger partial charge in [0.1, 0.15) is 0 Å². The number of aryl methyl sites for hydroxylation is 2. The summed E-state index contributed by atoms with van der Waals surface area (Å²) in [7, 11) is 0. The van der Waals surface area contributed by atoms with Gasteiger partial charge in [0.05, 0.1) is 12.2 Å². The topological polar surface area (TPSA) is 73.2 Å². The summed E-state index contributed by atoms with van der Waals surface area (Å²) in [6.07, 6.45) is 1.96. The molecule has 0 bridgehead atoms. The van der Waals surface area contributed by atoms with Crippen molar-refractivity contribution in [3.05, 3.63) is 57.8 Å². The van der Waals surface area contributed by atoms with Gasteiger partial charge in [0.2, 0.25) is 0 Å². The van der Waals surface area contributed by atoms with Gasteiger partial charge in [-0.3, -0.25) is 9.59 Å². The van der Waals surface area contributed by atoms with Gasteiger partial charge in [0.15, 0.2) is 17.7 Å². The van der Waals surface area contributed by atoms with E-state index in [0.29, 0.717) is 0 Å². The largest absolute Gasteiger partial charge is 0.478 e. The van der Waals surface area contributed by atoms with Crippen molar-refractivity contribution in [1.82, 2.24) is 15.1 Å². The number of hydrogen-bond donors (Lipinski definition) is 1. The highest BCUT2D eigenvalue weighted by Crippen LogP contribution is 2.17. The first-order valence-corrected chi connectivity index (χ1v) is 8.33. The lowest BCUT2D eigenvalue weighted by Crippen LogP contribution is -2.39. The number of halogens is 1. The smallest absolute Gasteiger partial charge is 0.267 e. The molecule has 6 nitrogen and oxygen atoms in total. The predicted molar refractivity (Wildman–Crippen MR) is 90.0 cm³/mol. The molecule has 2 aromatic rings. The Hall–Kier alpha value is -2.70. The maximum atomic E-state index is 13.5. The summed E-state index contributed by atoms with van der Waals surface area (Å²) >= 11 is 0. The first kappa shape index (κ1) is 17.1. The van der Waals surface area contributed by atoms with E-state index >= 15 is 0 Å². The van der Waals surface area contributed by atoms with E-state index in [4.69, 9.17) is 4.74 Å². The van der Waals surface area contributed by atoms with Crippen LogP contribution in [0, 0.1) is 5.82 Å². The van der Waals surface area contributed by atoms with Gasteiger partial charge in [-0.05, 0) is 43.9 Å². The second kappa shape index (κ2) is 7.46. The van der Waals surface area contributed by atoms with Gasteiger partial charge >= 0.3 is 0 Å². The van der Waals surface area contributed by atoms with E-state index in [9.17, 15) is 14.0 Å². The first-order chi connectivity index (χ1) is 12.0. The molecule has 0 unspecified atom stereocenters. The number of carbonyl (C=O) groups is 1. The molecule has 0 radical (unpaired) electrons. The maximum Gasteiger partial charge on any atom is 0.267 e. The molecule has 25 heavy (non-hydrogen) atoms. The fourth-order valence-electron chi connectivity index (χ4n) is 2.81. The molecular weight excluding hydrogens is 325 g/mol. The van der Waals surface area contributed by atoms with E-state index < -0.39 is 11.9 Å². The van der Waals surface area contributed by atoms with Crippen molar-refractivity contribution in [2.45, 2.75) is 38.8 Å².